The van der Waals surface area contributed by atoms with Crippen LogP contribution in [0.2, 0.25) is 0 Å². The largest absolute Gasteiger partial charge is 0.319 e. The first kappa shape index (κ1) is 14.6. The molecule has 0 aliphatic carbocycles. The van der Waals surface area contributed by atoms with Crippen molar-refractivity contribution in [2.45, 2.75) is 6.92 Å². The Labute approximate surface area is 121 Å². The molecular formula is C14H9BrF3NO. The van der Waals surface area contributed by atoms with Crippen molar-refractivity contribution in [1.29, 1.82) is 0 Å². The maximum Gasteiger partial charge on any atom is 0.255 e. The predicted octanol–water partition coefficient (Wildman–Crippen LogP) is 4.43. The molecule has 0 spiro atoms. The van der Waals surface area contributed by atoms with Gasteiger partial charge in [0.05, 0.1) is 10.2 Å². The zero-order valence-electron chi connectivity index (χ0n) is 10.3. The molecule has 2 rings (SSSR count). The van der Waals surface area contributed by atoms with Crippen molar-refractivity contribution in [3.05, 3.63) is 63.4 Å². The predicted molar refractivity (Wildman–Crippen MR) is 73.1 cm³/mol. The molecule has 20 heavy (non-hydrogen) atoms. The highest BCUT2D eigenvalue weighted by molar-refractivity contribution is 9.10. The van der Waals surface area contributed by atoms with Crippen molar-refractivity contribution in [3.8, 4) is 0 Å². The topological polar surface area (TPSA) is 29.1 Å². The zero-order valence-corrected chi connectivity index (χ0v) is 11.9. The molecule has 2 aromatic rings. The Bertz CT molecular complexity index is 688. The molecule has 0 saturated carbocycles. The summed E-state index contributed by atoms with van der Waals surface area (Å²) >= 11 is 2.96. The van der Waals surface area contributed by atoms with Gasteiger partial charge in [-0.05, 0) is 52.7 Å². The normalized spacial score (nSPS) is 10.4. The van der Waals surface area contributed by atoms with Crippen molar-refractivity contribution in [3.63, 3.8) is 0 Å². The van der Waals surface area contributed by atoms with Crippen LogP contribution < -0.4 is 5.32 Å². The molecule has 6 heteroatoms. The number of hydrogen-bond acceptors (Lipinski definition) is 1. The van der Waals surface area contributed by atoms with E-state index >= 15 is 0 Å². The van der Waals surface area contributed by atoms with Gasteiger partial charge in [0.2, 0.25) is 0 Å². The number of rotatable bonds is 2. The standard InChI is InChI=1S/C14H9BrF3NO/c1-7-4-12(18)13(6-10(7)16)19-14(20)8-2-3-9(15)11(17)5-8/h2-6H,1H3,(H,19,20). The van der Waals surface area contributed by atoms with Crippen molar-refractivity contribution < 1.29 is 18.0 Å². The average molecular weight is 344 g/mol. The van der Waals surface area contributed by atoms with Crippen LogP contribution in [0.5, 0.6) is 0 Å². The molecule has 0 saturated heterocycles. The molecule has 0 bridgehead atoms. The van der Waals surface area contributed by atoms with E-state index in [4.69, 9.17) is 0 Å². The number of benzene rings is 2. The summed E-state index contributed by atoms with van der Waals surface area (Å²) in [5.41, 5.74) is -0.150. The highest BCUT2D eigenvalue weighted by Gasteiger charge is 2.13. The Hall–Kier alpha value is -1.82. The van der Waals surface area contributed by atoms with Crippen LogP contribution in [0.4, 0.5) is 18.9 Å². The fourth-order valence-corrected chi connectivity index (χ4v) is 1.82. The van der Waals surface area contributed by atoms with E-state index in [0.29, 0.717) is 0 Å². The zero-order chi connectivity index (χ0) is 14.9. The van der Waals surface area contributed by atoms with E-state index in [2.05, 4.69) is 21.2 Å². The van der Waals surface area contributed by atoms with Crippen LogP contribution in [0.15, 0.2) is 34.8 Å². The van der Waals surface area contributed by atoms with E-state index in [-0.39, 0.29) is 21.3 Å². The van der Waals surface area contributed by atoms with E-state index in [0.717, 1.165) is 18.2 Å². The van der Waals surface area contributed by atoms with Gasteiger partial charge in [-0.1, -0.05) is 0 Å². The molecule has 0 aliphatic rings. The Morgan fingerprint density at radius 1 is 1.05 bits per heavy atom. The van der Waals surface area contributed by atoms with E-state index in [1.54, 1.807) is 0 Å². The molecule has 104 valence electrons. The summed E-state index contributed by atoms with van der Waals surface area (Å²) in [6.45, 7) is 1.41. The molecule has 1 N–H and O–H groups in total. The molecule has 2 aromatic carbocycles. The summed E-state index contributed by atoms with van der Waals surface area (Å²) in [5, 5.41) is 2.21. The molecule has 0 unspecified atom stereocenters. The van der Waals surface area contributed by atoms with Gasteiger partial charge in [-0.25, -0.2) is 13.2 Å². The number of anilines is 1. The van der Waals surface area contributed by atoms with Crippen molar-refractivity contribution >= 4 is 27.5 Å². The minimum atomic E-state index is -0.755. The Kier molecular flexibility index (Phi) is 4.13. The van der Waals surface area contributed by atoms with Crippen molar-refractivity contribution in [2.24, 2.45) is 0 Å². The first-order valence-corrected chi connectivity index (χ1v) is 6.40. The quantitative estimate of drug-likeness (QED) is 0.858. The number of amides is 1. The summed E-state index contributed by atoms with van der Waals surface area (Å²) < 4.78 is 40.5. The summed E-state index contributed by atoms with van der Waals surface area (Å²) in [6, 6.07) is 5.59. The molecule has 0 aromatic heterocycles. The van der Waals surface area contributed by atoms with E-state index in [1.807, 2.05) is 0 Å². The molecule has 0 aliphatic heterocycles. The summed E-state index contributed by atoms with van der Waals surface area (Å²) in [5.74, 6) is -2.73. The first-order chi connectivity index (χ1) is 9.38. The van der Waals surface area contributed by atoms with E-state index < -0.39 is 23.4 Å². The smallest absolute Gasteiger partial charge is 0.255 e. The number of halogens is 4. The second-order valence-electron chi connectivity index (χ2n) is 4.16. The first-order valence-electron chi connectivity index (χ1n) is 5.60. The lowest BCUT2D eigenvalue weighted by atomic mass is 10.1. The second-order valence-corrected chi connectivity index (χ2v) is 5.02. The molecule has 0 atom stereocenters. The van der Waals surface area contributed by atoms with Gasteiger partial charge in [0.25, 0.3) is 5.91 Å². The number of nitrogens with one attached hydrogen (secondary N) is 1. The fraction of sp³-hybridized carbons (Fsp3) is 0.0714. The van der Waals surface area contributed by atoms with Gasteiger partial charge in [0.15, 0.2) is 0 Å². The molecule has 0 heterocycles. The number of hydrogen-bond donors (Lipinski definition) is 1. The lowest BCUT2D eigenvalue weighted by molar-refractivity contribution is 0.102. The summed E-state index contributed by atoms with van der Waals surface area (Å²) in [7, 11) is 0. The van der Waals surface area contributed by atoms with Crippen LogP contribution in [0.1, 0.15) is 15.9 Å². The van der Waals surface area contributed by atoms with Crippen LogP contribution in [0, 0.1) is 24.4 Å². The van der Waals surface area contributed by atoms with Crippen LogP contribution >= 0.6 is 15.9 Å². The summed E-state index contributed by atoms with van der Waals surface area (Å²) in [4.78, 5) is 11.8. The van der Waals surface area contributed by atoms with Crippen LogP contribution in [0.25, 0.3) is 0 Å². The third-order valence-electron chi connectivity index (χ3n) is 2.68. The average Bonchev–Trinajstić information content (AvgIpc) is 2.39. The number of carbonyl (C=O) groups excluding carboxylic acids is 1. The summed E-state index contributed by atoms with van der Waals surface area (Å²) in [6.07, 6.45) is 0. The van der Waals surface area contributed by atoms with Crippen LogP contribution in [0.3, 0.4) is 0 Å². The minimum Gasteiger partial charge on any atom is -0.319 e. The lowest BCUT2D eigenvalue weighted by Crippen LogP contribution is -2.13. The molecule has 2 nitrogen and oxygen atoms in total. The highest BCUT2D eigenvalue weighted by Crippen LogP contribution is 2.21. The Balaban J connectivity index is 2.27. The number of aryl methyl sites for hydroxylation is 1. The molecule has 1 amide bonds. The third kappa shape index (κ3) is 3.01. The second kappa shape index (κ2) is 5.66. The third-order valence-corrected chi connectivity index (χ3v) is 3.32. The van der Waals surface area contributed by atoms with Gasteiger partial charge in [-0.3, -0.25) is 4.79 Å². The minimum absolute atomic E-state index is 0.00563. The van der Waals surface area contributed by atoms with E-state index in [9.17, 15) is 18.0 Å². The van der Waals surface area contributed by atoms with Gasteiger partial charge in [0, 0.05) is 11.6 Å². The highest BCUT2D eigenvalue weighted by atomic mass is 79.9. The molecule has 0 radical (unpaired) electrons. The SMILES string of the molecule is Cc1cc(F)c(NC(=O)c2ccc(Br)c(F)c2)cc1F. The van der Waals surface area contributed by atoms with Gasteiger partial charge in [-0.15, -0.1) is 0 Å². The van der Waals surface area contributed by atoms with Crippen molar-refractivity contribution in [1.82, 2.24) is 0 Å². The molecule has 0 fully saturated rings. The molecular weight excluding hydrogens is 335 g/mol. The monoisotopic (exact) mass is 343 g/mol. The van der Waals surface area contributed by atoms with Crippen molar-refractivity contribution in [2.75, 3.05) is 5.32 Å². The number of carbonyl (C=O) groups is 1. The maximum absolute atomic E-state index is 13.6. The lowest BCUT2D eigenvalue weighted by Gasteiger charge is -2.08. The van der Waals surface area contributed by atoms with Gasteiger partial charge >= 0.3 is 0 Å². The van der Waals surface area contributed by atoms with Crippen LogP contribution in [-0.2, 0) is 0 Å². The Morgan fingerprint density at radius 3 is 2.40 bits per heavy atom. The fourth-order valence-electron chi connectivity index (χ4n) is 1.57. The van der Waals surface area contributed by atoms with E-state index in [1.165, 1.54) is 19.1 Å². The van der Waals surface area contributed by atoms with Gasteiger partial charge < -0.3 is 5.32 Å². The van der Waals surface area contributed by atoms with Crippen LogP contribution in [-0.4, -0.2) is 5.91 Å². The Morgan fingerprint density at radius 2 is 1.75 bits per heavy atom. The van der Waals surface area contributed by atoms with Gasteiger partial charge in [0.1, 0.15) is 17.5 Å². The van der Waals surface area contributed by atoms with Gasteiger partial charge in [-0.2, -0.15) is 0 Å². The maximum atomic E-state index is 13.6.